The first kappa shape index (κ1) is 20.9. The Bertz CT molecular complexity index is 916. The first-order chi connectivity index (χ1) is 14.6. The minimum absolute atomic E-state index is 0.0138. The quantitative estimate of drug-likeness (QED) is 0.568. The van der Waals surface area contributed by atoms with Crippen LogP contribution in [0.4, 0.5) is 0 Å². The van der Waals surface area contributed by atoms with Gasteiger partial charge in [0.05, 0.1) is 0 Å². The minimum Gasteiger partial charge on any atom is -0.339 e. The Morgan fingerprint density at radius 1 is 1.00 bits per heavy atom. The highest BCUT2D eigenvalue weighted by Gasteiger charge is 2.37. The molecule has 156 valence electrons. The Morgan fingerprint density at radius 3 is 2.40 bits per heavy atom. The molecule has 1 aliphatic heterocycles. The second-order valence-corrected chi connectivity index (χ2v) is 9.09. The number of likely N-dealkylation sites (tertiary alicyclic amines) is 1. The average Bonchev–Trinajstić information content (AvgIpc) is 3.61. The summed E-state index contributed by atoms with van der Waals surface area (Å²) in [5.74, 6) is 0.294. The van der Waals surface area contributed by atoms with Gasteiger partial charge in [-0.2, -0.15) is 0 Å². The van der Waals surface area contributed by atoms with Crippen LogP contribution in [0.2, 0.25) is 0 Å². The van der Waals surface area contributed by atoms with Crippen LogP contribution >= 0.6 is 15.9 Å². The number of carbonyl (C=O) groups is 2. The molecule has 2 fully saturated rings. The molecular weight excluding hydrogens is 440 g/mol. The summed E-state index contributed by atoms with van der Waals surface area (Å²) in [6.45, 7) is 1.95. The zero-order chi connectivity index (χ0) is 20.9. The SMILES string of the molecule is O=C(/C=C/c1ccccc1)N1CCC(C(=O)N(Cc2cccc(Br)c2)C2CC2)CC1. The Kier molecular flexibility index (Phi) is 6.68. The van der Waals surface area contributed by atoms with Gasteiger partial charge in [0.25, 0.3) is 0 Å². The second-order valence-electron chi connectivity index (χ2n) is 8.17. The van der Waals surface area contributed by atoms with E-state index in [-0.39, 0.29) is 17.7 Å². The third-order valence-corrected chi connectivity index (χ3v) is 6.38. The van der Waals surface area contributed by atoms with Gasteiger partial charge in [-0.25, -0.2) is 0 Å². The highest BCUT2D eigenvalue weighted by Crippen LogP contribution is 2.32. The van der Waals surface area contributed by atoms with Gasteiger partial charge < -0.3 is 9.80 Å². The van der Waals surface area contributed by atoms with Crippen LogP contribution in [-0.4, -0.2) is 40.7 Å². The summed E-state index contributed by atoms with van der Waals surface area (Å²) < 4.78 is 1.04. The number of carbonyl (C=O) groups excluding carboxylic acids is 2. The molecule has 0 N–H and O–H groups in total. The summed E-state index contributed by atoms with van der Waals surface area (Å²) in [7, 11) is 0. The molecule has 5 heteroatoms. The van der Waals surface area contributed by atoms with Gasteiger partial charge in [0, 0.05) is 42.1 Å². The van der Waals surface area contributed by atoms with Crippen molar-refractivity contribution < 1.29 is 9.59 Å². The van der Waals surface area contributed by atoms with Crippen LogP contribution in [0.5, 0.6) is 0 Å². The summed E-state index contributed by atoms with van der Waals surface area (Å²) in [6.07, 6.45) is 7.17. The molecule has 0 spiro atoms. The fraction of sp³-hybridized carbons (Fsp3) is 0.360. The minimum atomic E-state index is 0.0138. The maximum Gasteiger partial charge on any atom is 0.246 e. The highest BCUT2D eigenvalue weighted by atomic mass is 79.9. The van der Waals surface area contributed by atoms with Gasteiger partial charge in [0.2, 0.25) is 11.8 Å². The van der Waals surface area contributed by atoms with Gasteiger partial charge in [-0.3, -0.25) is 9.59 Å². The number of amides is 2. The van der Waals surface area contributed by atoms with Crippen LogP contribution in [0.1, 0.15) is 36.8 Å². The van der Waals surface area contributed by atoms with E-state index in [1.54, 1.807) is 6.08 Å². The maximum atomic E-state index is 13.3. The standard InChI is InChI=1S/C25H27BrN2O2/c26-22-8-4-7-20(17-22)18-28(23-10-11-23)25(30)21-13-15-27(16-14-21)24(29)12-9-19-5-2-1-3-6-19/h1-9,12,17,21,23H,10-11,13-16,18H2/b12-9+. The van der Waals surface area contributed by atoms with E-state index in [0.29, 0.717) is 25.7 Å². The van der Waals surface area contributed by atoms with E-state index in [1.807, 2.05) is 53.4 Å². The summed E-state index contributed by atoms with van der Waals surface area (Å²) >= 11 is 3.52. The van der Waals surface area contributed by atoms with Crippen LogP contribution in [0.25, 0.3) is 6.08 Å². The molecule has 1 saturated carbocycles. The van der Waals surface area contributed by atoms with Crippen molar-refractivity contribution in [2.24, 2.45) is 5.92 Å². The number of benzene rings is 2. The Balaban J connectivity index is 1.32. The molecule has 0 aromatic heterocycles. The zero-order valence-electron chi connectivity index (χ0n) is 17.0. The van der Waals surface area contributed by atoms with Crippen LogP contribution < -0.4 is 0 Å². The molecule has 2 aromatic carbocycles. The smallest absolute Gasteiger partial charge is 0.246 e. The predicted octanol–water partition coefficient (Wildman–Crippen LogP) is 4.89. The number of nitrogens with zero attached hydrogens (tertiary/aromatic N) is 2. The van der Waals surface area contributed by atoms with E-state index >= 15 is 0 Å². The number of hydrogen-bond acceptors (Lipinski definition) is 2. The summed E-state index contributed by atoms with van der Waals surface area (Å²) in [5.41, 5.74) is 2.17. The topological polar surface area (TPSA) is 40.6 Å². The monoisotopic (exact) mass is 466 g/mol. The second kappa shape index (κ2) is 9.61. The van der Waals surface area contributed by atoms with Crippen molar-refractivity contribution in [2.45, 2.75) is 38.3 Å². The van der Waals surface area contributed by atoms with Crippen molar-refractivity contribution in [2.75, 3.05) is 13.1 Å². The van der Waals surface area contributed by atoms with Crippen molar-refractivity contribution in [3.8, 4) is 0 Å². The van der Waals surface area contributed by atoms with Crippen LogP contribution in [0.15, 0.2) is 65.1 Å². The lowest BCUT2D eigenvalue weighted by molar-refractivity contribution is -0.140. The van der Waals surface area contributed by atoms with E-state index in [2.05, 4.69) is 33.0 Å². The first-order valence-electron chi connectivity index (χ1n) is 10.7. The maximum absolute atomic E-state index is 13.3. The van der Waals surface area contributed by atoms with Crippen molar-refractivity contribution >= 4 is 33.8 Å². The number of rotatable bonds is 6. The van der Waals surface area contributed by atoms with E-state index in [4.69, 9.17) is 0 Å². The molecule has 0 radical (unpaired) electrons. The molecule has 0 unspecified atom stereocenters. The largest absolute Gasteiger partial charge is 0.339 e. The molecule has 2 aromatic rings. The van der Waals surface area contributed by atoms with Crippen LogP contribution in [-0.2, 0) is 16.1 Å². The first-order valence-corrected chi connectivity index (χ1v) is 11.5. The molecule has 30 heavy (non-hydrogen) atoms. The van der Waals surface area contributed by atoms with Crippen molar-refractivity contribution in [1.29, 1.82) is 0 Å². The molecule has 2 aliphatic rings. The molecule has 0 bridgehead atoms. The lowest BCUT2D eigenvalue weighted by Gasteiger charge is -2.34. The summed E-state index contributed by atoms with van der Waals surface area (Å²) in [4.78, 5) is 29.7. The Hall–Kier alpha value is -2.40. The van der Waals surface area contributed by atoms with Crippen molar-refractivity contribution in [3.05, 3.63) is 76.3 Å². The molecule has 2 amide bonds. The van der Waals surface area contributed by atoms with Gasteiger partial charge in [-0.15, -0.1) is 0 Å². The number of halogens is 1. The summed E-state index contributed by atoms with van der Waals surface area (Å²) in [6, 6.07) is 18.4. The van der Waals surface area contributed by atoms with Gasteiger partial charge in [-0.1, -0.05) is 58.4 Å². The summed E-state index contributed by atoms with van der Waals surface area (Å²) in [5, 5.41) is 0. The molecule has 1 heterocycles. The molecule has 1 aliphatic carbocycles. The van der Waals surface area contributed by atoms with Gasteiger partial charge in [-0.05, 0) is 55.0 Å². The predicted molar refractivity (Wildman–Crippen MR) is 122 cm³/mol. The van der Waals surface area contributed by atoms with E-state index in [1.165, 1.54) is 0 Å². The third-order valence-electron chi connectivity index (χ3n) is 5.89. The van der Waals surface area contributed by atoms with Gasteiger partial charge >= 0.3 is 0 Å². The fourth-order valence-electron chi connectivity index (χ4n) is 4.02. The van der Waals surface area contributed by atoms with Gasteiger partial charge in [0.15, 0.2) is 0 Å². The molecule has 4 rings (SSSR count). The average molecular weight is 467 g/mol. The lowest BCUT2D eigenvalue weighted by Crippen LogP contribution is -2.44. The number of piperidine rings is 1. The van der Waals surface area contributed by atoms with Crippen LogP contribution in [0, 0.1) is 5.92 Å². The molecule has 1 saturated heterocycles. The zero-order valence-corrected chi connectivity index (χ0v) is 18.6. The van der Waals surface area contributed by atoms with E-state index < -0.39 is 0 Å². The fourth-order valence-corrected chi connectivity index (χ4v) is 4.47. The van der Waals surface area contributed by atoms with Crippen molar-refractivity contribution in [3.63, 3.8) is 0 Å². The molecule has 0 atom stereocenters. The number of hydrogen-bond donors (Lipinski definition) is 0. The Morgan fingerprint density at radius 2 is 1.73 bits per heavy atom. The van der Waals surface area contributed by atoms with E-state index in [0.717, 1.165) is 41.3 Å². The normalized spacial score (nSPS) is 17.3. The van der Waals surface area contributed by atoms with Gasteiger partial charge in [0.1, 0.15) is 0 Å². The third kappa shape index (κ3) is 5.39. The molecule has 4 nitrogen and oxygen atoms in total. The van der Waals surface area contributed by atoms with Crippen LogP contribution in [0.3, 0.4) is 0 Å². The van der Waals surface area contributed by atoms with E-state index in [9.17, 15) is 9.59 Å². The molecular formula is C25H27BrN2O2. The van der Waals surface area contributed by atoms with Crippen molar-refractivity contribution in [1.82, 2.24) is 9.80 Å². The highest BCUT2D eigenvalue weighted by molar-refractivity contribution is 9.10. The Labute approximate surface area is 186 Å². The lowest BCUT2D eigenvalue weighted by atomic mass is 9.94.